The largest absolute Gasteiger partial charge is 0.352 e. The van der Waals surface area contributed by atoms with Gasteiger partial charge in [0.2, 0.25) is 5.91 Å². The normalized spacial score (nSPS) is 10.6. The number of hydrogen-bond acceptors (Lipinski definition) is 4. The Morgan fingerprint density at radius 3 is 2.63 bits per heavy atom. The summed E-state index contributed by atoms with van der Waals surface area (Å²) >= 11 is 6.07. The van der Waals surface area contributed by atoms with Crippen LogP contribution in [0.1, 0.15) is 18.4 Å². The minimum atomic E-state index is -0.190. The molecular formula is C20H19ClN4O2. The predicted molar refractivity (Wildman–Crippen MR) is 104 cm³/mol. The molecule has 0 aliphatic heterocycles. The highest BCUT2D eigenvalue weighted by Gasteiger charge is 2.06. The number of aromatic nitrogens is 3. The zero-order valence-electron chi connectivity index (χ0n) is 14.6. The highest BCUT2D eigenvalue weighted by atomic mass is 35.5. The fourth-order valence-corrected chi connectivity index (χ4v) is 2.80. The van der Waals surface area contributed by atoms with Gasteiger partial charge in [-0.1, -0.05) is 29.8 Å². The molecule has 0 unspecified atom stereocenters. The van der Waals surface area contributed by atoms with Crippen LogP contribution in [0, 0.1) is 0 Å². The number of pyridine rings is 1. The highest BCUT2D eigenvalue weighted by Crippen LogP contribution is 2.15. The maximum Gasteiger partial charge on any atom is 0.266 e. The molecule has 138 valence electrons. The Kier molecular flexibility index (Phi) is 6.33. The first-order valence-electron chi connectivity index (χ1n) is 8.62. The topological polar surface area (TPSA) is 76.9 Å². The molecule has 2 aromatic heterocycles. The summed E-state index contributed by atoms with van der Waals surface area (Å²) in [7, 11) is 0. The Hall–Kier alpha value is -2.99. The zero-order valence-corrected chi connectivity index (χ0v) is 15.4. The fraction of sp³-hybridized carbons (Fsp3) is 0.200. The van der Waals surface area contributed by atoms with E-state index in [1.165, 1.54) is 10.7 Å². The van der Waals surface area contributed by atoms with Gasteiger partial charge in [-0.2, -0.15) is 5.10 Å². The van der Waals surface area contributed by atoms with Gasteiger partial charge < -0.3 is 5.32 Å². The Morgan fingerprint density at radius 2 is 1.85 bits per heavy atom. The van der Waals surface area contributed by atoms with Crippen LogP contribution in [0.5, 0.6) is 0 Å². The fourth-order valence-electron chi connectivity index (χ4n) is 2.60. The van der Waals surface area contributed by atoms with Crippen molar-refractivity contribution in [1.29, 1.82) is 0 Å². The summed E-state index contributed by atoms with van der Waals surface area (Å²) in [6, 6.07) is 14.2. The summed E-state index contributed by atoms with van der Waals surface area (Å²) in [5, 5.41) is 7.84. The first-order valence-corrected chi connectivity index (χ1v) is 9.00. The molecular weight excluding hydrogens is 364 g/mol. The van der Waals surface area contributed by atoms with E-state index in [0.717, 1.165) is 11.1 Å². The SMILES string of the molecule is O=C(CCCn1nc(-c2ccncc2)ccc1=O)NCc1ccccc1Cl. The van der Waals surface area contributed by atoms with Crippen LogP contribution < -0.4 is 10.9 Å². The van der Waals surface area contributed by atoms with E-state index in [9.17, 15) is 9.59 Å². The van der Waals surface area contributed by atoms with Gasteiger partial charge in [0, 0.05) is 48.6 Å². The van der Waals surface area contributed by atoms with Gasteiger partial charge in [0.15, 0.2) is 0 Å². The van der Waals surface area contributed by atoms with Crippen LogP contribution in [-0.4, -0.2) is 20.7 Å². The molecule has 0 aliphatic carbocycles. The summed E-state index contributed by atoms with van der Waals surface area (Å²) in [6.07, 6.45) is 4.17. The van der Waals surface area contributed by atoms with Gasteiger partial charge in [-0.3, -0.25) is 14.6 Å². The Balaban J connectivity index is 1.53. The Morgan fingerprint density at radius 1 is 1.07 bits per heavy atom. The smallest absolute Gasteiger partial charge is 0.266 e. The van der Waals surface area contributed by atoms with Crippen molar-refractivity contribution in [3.63, 3.8) is 0 Å². The third-order valence-electron chi connectivity index (χ3n) is 4.05. The van der Waals surface area contributed by atoms with Crippen LogP contribution in [0.3, 0.4) is 0 Å². The van der Waals surface area contributed by atoms with Gasteiger partial charge >= 0.3 is 0 Å². The van der Waals surface area contributed by atoms with E-state index >= 15 is 0 Å². The molecule has 3 aromatic rings. The lowest BCUT2D eigenvalue weighted by Crippen LogP contribution is -2.25. The Bertz CT molecular complexity index is 973. The third-order valence-corrected chi connectivity index (χ3v) is 4.42. The number of rotatable bonds is 7. The van der Waals surface area contributed by atoms with E-state index < -0.39 is 0 Å². The predicted octanol–water partition coefficient (Wildman–Crippen LogP) is 3.06. The lowest BCUT2D eigenvalue weighted by Gasteiger charge is -2.08. The van der Waals surface area contributed by atoms with E-state index in [1.807, 2.05) is 30.3 Å². The third kappa shape index (κ3) is 5.24. The number of aryl methyl sites for hydroxylation is 1. The molecule has 27 heavy (non-hydrogen) atoms. The first-order chi connectivity index (χ1) is 13.1. The molecule has 0 spiro atoms. The average molecular weight is 383 g/mol. The van der Waals surface area contributed by atoms with Crippen LogP contribution in [0.2, 0.25) is 5.02 Å². The van der Waals surface area contributed by atoms with Gasteiger partial charge in [0.1, 0.15) is 0 Å². The molecule has 0 saturated heterocycles. The molecule has 3 rings (SSSR count). The molecule has 0 bridgehead atoms. The van der Waals surface area contributed by atoms with E-state index in [0.29, 0.717) is 36.6 Å². The summed E-state index contributed by atoms with van der Waals surface area (Å²) in [5.74, 6) is -0.0896. The van der Waals surface area contributed by atoms with Crippen molar-refractivity contribution < 1.29 is 4.79 Å². The van der Waals surface area contributed by atoms with Crippen LogP contribution in [-0.2, 0) is 17.9 Å². The van der Waals surface area contributed by atoms with Crippen molar-refractivity contribution in [3.8, 4) is 11.3 Å². The number of amides is 1. The number of nitrogens with zero attached hydrogens (tertiary/aromatic N) is 3. The number of carbonyl (C=O) groups excluding carboxylic acids is 1. The number of halogens is 1. The second-order valence-electron chi connectivity index (χ2n) is 5.99. The second kappa shape index (κ2) is 9.09. The van der Waals surface area contributed by atoms with Crippen LogP contribution in [0.25, 0.3) is 11.3 Å². The van der Waals surface area contributed by atoms with Gasteiger partial charge in [0.05, 0.1) is 5.69 Å². The molecule has 0 saturated carbocycles. The van der Waals surface area contributed by atoms with Crippen molar-refractivity contribution in [3.05, 3.63) is 81.9 Å². The molecule has 1 N–H and O–H groups in total. The van der Waals surface area contributed by atoms with Crippen molar-refractivity contribution in [2.45, 2.75) is 25.9 Å². The quantitative estimate of drug-likeness (QED) is 0.681. The van der Waals surface area contributed by atoms with Gasteiger partial charge in [-0.05, 0) is 36.2 Å². The van der Waals surface area contributed by atoms with E-state index in [1.54, 1.807) is 24.5 Å². The molecule has 2 heterocycles. The number of benzene rings is 1. The maximum atomic E-state index is 12.0. The van der Waals surface area contributed by atoms with Crippen LogP contribution in [0.15, 0.2) is 65.7 Å². The summed E-state index contributed by atoms with van der Waals surface area (Å²) in [5.41, 5.74) is 2.26. The zero-order chi connectivity index (χ0) is 19.1. The van der Waals surface area contributed by atoms with E-state index in [4.69, 9.17) is 11.6 Å². The molecule has 7 heteroatoms. The number of nitrogens with one attached hydrogen (secondary N) is 1. The van der Waals surface area contributed by atoms with Crippen LogP contribution in [0.4, 0.5) is 0 Å². The van der Waals surface area contributed by atoms with Crippen molar-refractivity contribution in [2.75, 3.05) is 0 Å². The number of carbonyl (C=O) groups is 1. The Labute approximate surface area is 161 Å². The number of hydrogen-bond donors (Lipinski definition) is 1. The molecule has 0 fully saturated rings. The minimum Gasteiger partial charge on any atom is -0.352 e. The lowest BCUT2D eigenvalue weighted by molar-refractivity contribution is -0.121. The monoisotopic (exact) mass is 382 g/mol. The van der Waals surface area contributed by atoms with E-state index in [-0.39, 0.29) is 11.5 Å². The maximum absolute atomic E-state index is 12.0. The van der Waals surface area contributed by atoms with Crippen molar-refractivity contribution >= 4 is 17.5 Å². The highest BCUT2D eigenvalue weighted by molar-refractivity contribution is 6.31. The minimum absolute atomic E-state index is 0.0896. The van der Waals surface area contributed by atoms with Gasteiger partial charge in [-0.25, -0.2) is 4.68 Å². The second-order valence-corrected chi connectivity index (χ2v) is 6.39. The first kappa shape index (κ1) is 18.8. The van der Waals surface area contributed by atoms with Crippen molar-refractivity contribution in [1.82, 2.24) is 20.1 Å². The molecule has 0 radical (unpaired) electrons. The van der Waals surface area contributed by atoms with Gasteiger partial charge in [0.25, 0.3) is 5.56 Å². The van der Waals surface area contributed by atoms with Crippen molar-refractivity contribution in [2.24, 2.45) is 0 Å². The molecule has 0 aliphatic rings. The molecule has 1 aromatic carbocycles. The summed E-state index contributed by atoms with van der Waals surface area (Å²) in [4.78, 5) is 28.0. The van der Waals surface area contributed by atoms with Gasteiger partial charge in [-0.15, -0.1) is 0 Å². The lowest BCUT2D eigenvalue weighted by atomic mass is 10.2. The average Bonchev–Trinajstić information content (AvgIpc) is 2.69. The van der Waals surface area contributed by atoms with E-state index in [2.05, 4.69) is 15.4 Å². The molecule has 0 atom stereocenters. The molecule has 6 nitrogen and oxygen atoms in total. The summed E-state index contributed by atoms with van der Waals surface area (Å²) < 4.78 is 1.39. The van der Waals surface area contributed by atoms with Crippen LogP contribution >= 0.6 is 11.6 Å². The standard InChI is InChI=1S/C20H19ClN4O2/c21-17-5-2-1-4-16(17)14-23-19(26)6-3-13-25-20(27)8-7-18(24-25)15-9-11-22-12-10-15/h1-2,4-5,7-12H,3,6,13-14H2,(H,23,26). The molecule has 1 amide bonds. The summed E-state index contributed by atoms with van der Waals surface area (Å²) in [6.45, 7) is 0.755.